The van der Waals surface area contributed by atoms with E-state index in [2.05, 4.69) is 358 Å². The van der Waals surface area contributed by atoms with Gasteiger partial charge in [0.1, 0.15) is 95.3 Å². The molecule has 0 radical (unpaired) electrons. The van der Waals surface area contributed by atoms with E-state index in [0.717, 1.165) is 39.4 Å². The Bertz CT molecular complexity index is 3480. The minimum atomic E-state index is -1.18. The molecule has 3 heterocycles. The minimum absolute atomic E-state index is 0. The van der Waals surface area contributed by atoms with Crippen LogP contribution in [0.5, 0.6) is 0 Å². The van der Waals surface area contributed by atoms with Crippen LogP contribution in [-0.4, -0.2) is 39.4 Å². The van der Waals surface area contributed by atoms with Crippen molar-refractivity contribution in [2.75, 3.05) is 58.1 Å². The summed E-state index contributed by atoms with van der Waals surface area (Å²) >= 11 is 0. The molecule has 0 bridgehead atoms. The third-order valence-corrected chi connectivity index (χ3v) is 30.3. The van der Waals surface area contributed by atoms with Crippen LogP contribution in [0.25, 0.3) is 0 Å². The molecule has 3 aliphatic heterocycles. The zero-order chi connectivity index (χ0) is 61.2. The fourth-order valence-electron chi connectivity index (χ4n) is 12.4. The molecule has 0 amide bonds. The molecule has 15 rings (SSSR count). The van der Waals surface area contributed by atoms with Gasteiger partial charge in [0.2, 0.25) is 0 Å². The molecule has 0 saturated carbocycles. The van der Waals surface area contributed by atoms with E-state index >= 15 is 0 Å². The fraction of sp³-hybridized carbons (Fsp3) is 0.100. The quantitative estimate of drug-likeness (QED) is 0.0708. The monoisotopic (exact) mass is 1510 g/mol. The van der Waals surface area contributed by atoms with E-state index in [9.17, 15) is 0 Å². The summed E-state index contributed by atoms with van der Waals surface area (Å²) in [5, 5.41) is 17.1. The van der Waals surface area contributed by atoms with Gasteiger partial charge in [-0.1, -0.05) is 194 Å². The molecule has 470 valence electrons. The maximum atomic E-state index is 4.94. The first-order valence-electron chi connectivity index (χ1n) is 31.6. The summed E-state index contributed by atoms with van der Waals surface area (Å²) in [5.41, 5.74) is 5.40. The number of para-hydroxylation sites is 4. The summed E-state index contributed by atoms with van der Waals surface area (Å²) in [7, 11) is -2.29. The molecule has 12 aromatic carbocycles. The van der Waals surface area contributed by atoms with E-state index in [1.165, 1.54) is 117 Å². The summed E-state index contributed by atoms with van der Waals surface area (Å²) in [6, 6.07) is 125. The predicted molar refractivity (Wildman–Crippen MR) is 409 cm³/mol. The van der Waals surface area contributed by atoms with Crippen molar-refractivity contribution < 1.29 is 45.6 Å². The van der Waals surface area contributed by atoms with E-state index in [1.54, 1.807) is 0 Å². The first-order valence-corrected chi connectivity index (χ1v) is 39.2. The Kier molecular flexibility index (Phi) is 25.6. The first kappa shape index (κ1) is 68.1. The first-order chi connectivity index (χ1) is 45.2. The van der Waals surface area contributed by atoms with Crippen molar-refractivity contribution in [1.29, 1.82) is 0 Å². The molecule has 3 fully saturated rings. The second-order valence-corrected chi connectivity index (χ2v) is 34.6. The van der Waals surface area contributed by atoms with Crippen LogP contribution in [0.4, 0.5) is 22.7 Å². The van der Waals surface area contributed by atoms with Crippen LogP contribution in [-0.2, 0) is 45.6 Å². The van der Waals surface area contributed by atoms with Crippen LogP contribution < -0.4 is 82.3 Å². The standard InChI is InChI=1S/2C38H32N2P3.C4H8O.2Pd/c2*1-5-17-31(18-6-1)42(32-19-7-2-8-20-32)37-27-15-13-25-35(37)39-29-30-40(41-39)36-26-14-16-28-38(36)43(33-21-9-3-10-22-33)34-23-11-4-12-24-34;1-2-4-5-3-1;;/h2*1-28H,29-30H2;1-4H2;;/q2*-1;;;/p+4. The van der Waals surface area contributed by atoms with Gasteiger partial charge in [-0.3, -0.25) is 0 Å². The maximum Gasteiger partial charge on any atom is 0.123 e. The molecule has 0 spiro atoms. The minimum Gasteiger partial charge on any atom is -0.502 e. The Labute approximate surface area is 587 Å². The van der Waals surface area contributed by atoms with Crippen LogP contribution in [0, 0.1) is 0 Å². The molecule has 0 aliphatic carbocycles. The molecule has 3 aliphatic rings. The third kappa shape index (κ3) is 16.9. The average molecular weight is 1510 g/mol. The zero-order valence-corrected chi connectivity index (χ0v) is 60.6. The molecule has 12 aromatic rings. The van der Waals surface area contributed by atoms with Crippen LogP contribution in [0.3, 0.4) is 0 Å². The molecule has 3 saturated heterocycles. The van der Waals surface area contributed by atoms with Gasteiger partial charge in [-0.05, 0) is 158 Å². The number of hydrogen-bond acceptors (Lipinski definition) is 5. The SMILES string of the molecule is C1CCOC1.[Pd].[Pd].c1ccc([PH+](c2ccccc2)c2ccccc2N2CCN(c3ccccc3[PH+](c3ccccc3)c3ccccc3)[P-]2)cc1.c1ccc([PH+](c2ccccc2)c2ccccc2N2CCN(c3ccccc3[PH+](c3ccccc3)c3ccccc3)[P-]2)cc1. The van der Waals surface area contributed by atoms with Gasteiger partial charge >= 0.3 is 0 Å². The second-order valence-electron chi connectivity index (χ2n) is 22.5. The van der Waals surface area contributed by atoms with Crippen molar-refractivity contribution in [3.05, 3.63) is 340 Å². The molecule has 0 unspecified atom stereocenters. The summed E-state index contributed by atoms with van der Waals surface area (Å²) < 4.78 is 15.2. The van der Waals surface area contributed by atoms with Gasteiger partial charge in [-0.2, -0.15) is 0 Å². The van der Waals surface area contributed by atoms with E-state index in [0.29, 0.717) is 0 Å². The van der Waals surface area contributed by atoms with Gasteiger partial charge in [-0.15, -0.1) is 0 Å². The number of anilines is 4. The Balaban J connectivity index is 0.000000173. The van der Waals surface area contributed by atoms with Crippen molar-refractivity contribution in [2.45, 2.75) is 12.8 Å². The molecule has 13 heteroatoms. The summed E-state index contributed by atoms with van der Waals surface area (Å²) in [4.78, 5) is 0. The van der Waals surface area contributed by atoms with Crippen molar-refractivity contribution in [2.24, 2.45) is 0 Å². The number of ether oxygens (including phenoxy) is 1. The van der Waals surface area contributed by atoms with Crippen LogP contribution in [0.1, 0.15) is 12.8 Å². The predicted octanol–water partition coefficient (Wildman–Crippen LogP) is 14.3. The molecule has 0 atom stereocenters. The van der Waals surface area contributed by atoms with Crippen molar-refractivity contribution in [3.63, 3.8) is 0 Å². The summed E-state index contributed by atoms with van der Waals surface area (Å²) in [6.07, 6.45) is 2.56. The molecule has 93 heavy (non-hydrogen) atoms. The maximum absolute atomic E-state index is 4.94. The molecule has 5 nitrogen and oxygen atoms in total. The average Bonchev–Trinajstić information content (AvgIpc) is 2.07. The van der Waals surface area contributed by atoms with Crippen molar-refractivity contribution >= 4 is 136 Å². The van der Waals surface area contributed by atoms with E-state index in [-0.39, 0.29) is 40.8 Å². The number of hydrogen-bond donors (Lipinski definition) is 0. The zero-order valence-electron chi connectivity index (χ0n) is 51.7. The topological polar surface area (TPSA) is 22.2 Å². The summed E-state index contributed by atoms with van der Waals surface area (Å²) in [6.45, 7) is 5.96. The number of nitrogens with zero attached hydrogens (tertiary/aromatic N) is 4. The van der Waals surface area contributed by atoms with Crippen LogP contribution in [0.15, 0.2) is 340 Å². The van der Waals surface area contributed by atoms with Crippen molar-refractivity contribution in [3.8, 4) is 0 Å². The third-order valence-electron chi connectivity index (χ3n) is 16.6. The van der Waals surface area contributed by atoms with Gasteiger partial charge in [-0.25, -0.2) is 0 Å². The van der Waals surface area contributed by atoms with E-state index in [4.69, 9.17) is 4.74 Å². The number of rotatable bonds is 16. The fourth-order valence-corrected chi connectivity index (χ4v) is 26.1. The second kappa shape index (κ2) is 34.9. The molecular formula is C80H76N4OP6Pd2+2. The van der Waals surface area contributed by atoms with E-state index < -0.39 is 31.7 Å². The Morgan fingerprint density at radius 3 is 0.538 bits per heavy atom. The smallest absolute Gasteiger partial charge is 0.123 e. The Hall–Kier alpha value is -6.30. The normalized spacial score (nSPS) is 13.5. The van der Waals surface area contributed by atoms with Gasteiger partial charge in [0.15, 0.2) is 0 Å². The Morgan fingerprint density at radius 1 is 0.215 bits per heavy atom. The van der Waals surface area contributed by atoms with Crippen molar-refractivity contribution in [1.82, 2.24) is 0 Å². The van der Waals surface area contributed by atoms with E-state index in [1.807, 2.05) is 0 Å². The Morgan fingerprint density at radius 2 is 0.376 bits per heavy atom. The van der Waals surface area contributed by atoms with Gasteiger partial charge in [0, 0.05) is 80.2 Å². The molecule has 0 N–H and O–H groups in total. The van der Waals surface area contributed by atoms with Gasteiger partial charge in [0.05, 0.1) is 22.7 Å². The van der Waals surface area contributed by atoms with Crippen LogP contribution in [0.2, 0.25) is 0 Å². The molecular weight excluding hydrogens is 1430 g/mol. The summed E-state index contributed by atoms with van der Waals surface area (Å²) in [5.74, 6) is 0. The van der Waals surface area contributed by atoms with Gasteiger partial charge < -0.3 is 41.2 Å². The molecule has 0 aromatic heterocycles. The number of benzene rings is 12. The van der Waals surface area contributed by atoms with Gasteiger partial charge in [0.25, 0.3) is 0 Å². The largest absolute Gasteiger partial charge is 0.502 e. The van der Waals surface area contributed by atoms with Crippen LogP contribution >= 0.6 is 49.5 Å².